The van der Waals surface area contributed by atoms with E-state index in [2.05, 4.69) is 27.7 Å². The standard InChI is InChI=1S/C52H75O12P/c1-28-21-32(5)45(33(6)22-28)59-65(53,60-46-34(7)23-29(2)24-35(46)8)54-27-38(25-43-36(9)41-15-13-30(3)39-17-19-49(11)57-47(55-43)51(39,41)63-61-49)26-44-37(10)42-16-14-31(4)40-18-20-50(12)58-48(56-44)52(40,42)64-62-50/h21-24,30-31,36-44,47-48H,13-20,25-27H2,1-12H3/t30-,31-,36-,37-,39+,40+,41+,42+,43-,44-,47-,48-,49+,50+,51-,52-/m1/s1. The summed E-state index contributed by atoms with van der Waals surface area (Å²) in [5, 5.41) is 0. The average molecular weight is 923 g/mol. The molecule has 8 aliphatic heterocycles. The van der Waals surface area contributed by atoms with Crippen molar-refractivity contribution in [1.82, 2.24) is 0 Å². The molecule has 0 aromatic heterocycles. The highest BCUT2D eigenvalue weighted by Gasteiger charge is 2.71. The predicted molar refractivity (Wildman–Crippen MR) is 243 cm³/mol. The zero-order chi connectivity index (χ0) is 46.0. The van der Waals surface area contributed by atoms with Crippen LogP contribution in [0.5, 0.6) is 11.5 Å². The second kappa shape index (κ2) is 16.8. The zero-order valence-electron chi connectivity index (χ0n) is 40.9. The fourth-order valence-electron chi connectivity index (χ4n) is 14.5. The van der Waals surface area contributed by atoms with Crippen molar-refractivity contribution in [3.63, 3.8) is 0 Å². The van der Waals surface area contributed by atoms with E-state index in [1.165, 1.54) is 0 Å². The Morgan fingerprint density at radius 1 is 0.585 bits per heavy atom. The quantitative estimate of drug-likeness (QED) is 0.158. The summed E-state index contributed by atoms with van der Waals surface area (Å²) in [5.74, 6) is 0.978. The number of aryl methyl sites for hydroxylation is 6. The van der Waals surface area contributed by atoms with Crippen LogP contribution in [0.25, 0.3) is 0 Å². The maximum absolute atomic E-state index is 15.6. The largest absolute Gasteiger partial charge is 0.587 e. The molecule has 0 unspecified atom stereocenters. The molecule has 12 nitrogen and oxygen atoms in total. The molecule has 360 valence electrons. The molecule has 8 saturated heterocycles. The number of hydrogen-bond donors (Lipinski definition) is 0. The number of ether oxygens (including phenoxy) is 4. The summed E-state index contributed by atoms with van der Waals surface area (Å²) in [4.78, 5) is 25.4. The van der Waals surface area contributed by atoms with Crippen LogP contribution in [0.2, 0.25) is 0 Å². The van der Waals surface area contributed by atoms with Crippen LogP contribution in [-0.2, 0) is 47.6 Å². The van der Waals surface area contributed by atoms with Gasteiger partial charge in [-0.15, -0.1) is 0 Å². The molecule has 2 saturated carbocycles. The summed E-state index contributed by atoms with van der Waals surface area (Å²) in [6.45, 7) is 25.3. The van der Waals surface area contributed by atoms with Crippen molar-refractivity contribution >= 4 is 7.82 Å². The molecule has 0 radical (unpaired) electrons. The van der Waals surface area contributed by atoms with Gasteiger partial charge in [-0.05, 0) is 170 Å². The summed E-state index contributed by atoms with van der Waals surface area (Å²) >= 11 is 0. The predicted octanol–water partition coefficient (Wildman–Crippen LogP) is 12.0. The molecule has 2 aromatic rings. The lowest BCUT2D eigenvalue weighted by Gasteiger charge is -2.61. The van der Waals surface area contributed by atoms with Crippen molar-refractivity contribution in [2.75, 3.05) is 6.61 Å². The van der Waals surface area contributed by atoms with Crippen LogP contribution < -0.4 is 9.05 Å². The lowest BCUT2D eigenvalue weighted by atomic mass is 9.56. The lowest BCUT2D eigenvalue weighted by molar-refractivity contribution is -0.571. The summed E-state index contributed by atoms with van der Waals surface area (Å²) < 4.78 is 63.5. The molecule has 16 atom stereocenters. The number of phosphoric acid groups is 1. The van der Waals surface area contributed by atoms with Gasteiger partial charge in [0.1, 0.15) is 11.5 Å². The number of hydrogen-bond acceptors (Lipinski definition) is 12. The molecule has 13 heteroatoms. The maximum Gasteiger partial charge on any atom is 0.587 e. The maximum atomic E-state index is 15.6. The fourth-order valence-corrected chi connectivity index (χ4v) is 16.1. The molecule has 8 heterocycles. The fraction of sp³-hybridized carbons (Fsp3) is 0.769. The number of phosphoric ester groups is 1. The topological polar surface area (TPSA) is 119 Å². The van der Waals surface area contributed by atoms with Crippen LogP contribution >= 0.6 is 7.82 Å². The van der Waals surface area contributed by atoms with E-state index in [0.717, 1.165) is 84.7 Å². The summed E-state index contributed by atoms with van der Waals surface area (Å²) in [5.41, 5.74) is 4.25. The van der Waals surface area contributed by atoms with Gasteiger partial charge in [0.2, 0.25) is 11.6 Å². The van der Waals surface area contributed by atoms with Crippen LogP contribution in [0.15, 0.2) is 24.3 Å². The first-order valence-corrected chi connectivity index (χ1v) is 26.4. The van der Waals surface area contributed by atoms with Crippen molar-refractivity contribution in [2.45, 2.75) is 195 Å². The van der Waals surface area contributed by atoms with Crippen LogP contribution in [0.4, 0.5) is 0 Å². The molecule has 2 spiro atoms. The van der Waals surface area contributed by atoms with Crippen molar-refractivity contribution in [1.29, 1.82) is 0 Å². The average Bonchev–Trinajstić information content (AvgIpc) is 3.62. The van der Waals surface area contributed by atoms with Gasteiger partial charge in [-0.2, -0.15) is 0 Å². The van der Waals surface area contributed by atoms with E-state index in [1.807, 2.05) is 79.7 Å². The smallest absolute Gasteiger partial charge is 0.395 e. The second-order valence-electron chi connectivity index (χ2n) is 22.6. The second-order valence-corrected chi connectivity index (χ2v) is 24.1. The van der Waals surface area contributed by atoms with Crippen LogP contribution in [0.3, 0.4) is 0 Å². The lowest BCUT2D eigenvalue weighted by Crippen LogP contribution is -2.70. The summed E-state index contributed by atoms with van der Waals surface area (Å²) in [6.07, 6.45) is 7.23. The summed E-state index contributed by atoms with van der Waals surface area (Å²) in [6, 6.07) is 8.12. The van der Waals surface area contributed by atoms with Gasteiger partial charge >= 0.3 is 7.82 Å². The van der Waals surface area contributed by atoms with E-state index in [-0.39, 0.29) is 60.2 Å². The normalized spacial score (nSPS) is 43.1. The minimum atomic E-state index is -4.34. The van der Waals surface area contributed by atoms with Crippen molar-refractivity contribution in [3.05, 3.63) is 57.6 Å². The molecule has 10 aliphatic rings. The highest BCUT2D eigenvalue weighted by Crippen LogP contribution is 2.63. The van der Waals surface area contributed by atoms with E-state index in [1.54, 1.807) is 0 Å². The number of rotatable bonds is 11. The van der Waals surface area contributed by atoms with E-state index in [9.17, 15) is 0 Å². The Hall–Kier alpha value is -2.09. The Morgan fingerprint density at radius 2 is 0.985 bits per heavy atom. The molecular weight excluding hydrogens is 848 g/mol. The van der Waals surface area contributed by atoms with Gasteiger partial charge in [0.25, 0.3) is 0 Å². The van der Waals surface area contributed by atoms with Gasteiger partial charge < -0.3 is 28.0 Å². The molecule has 10 fully saturated rings. The van der Waals surface area contributed by atoms with Gasteiger partial charge in [0.05, 0.1) is 18.8 Å². The van der Waals surface area contributed by atoms with E-state index in [0.29, 0.717) is 36.2 Å². The monoisotopic (exact) mass is 922 g/mol. The van der Waals surface area contributed by atoms with Crippen LogP contribution in [-0.4, -0.2) is 54.2 Å². The van der Waals surface area contributed by atoms with Crippen LogP contribution in [0, 0.1) is 94.8 Å². The Morgan fingerprint density at radius 3 is 1.38 bits per heavy atom. The Bertz CT molecular complexity index is 1990. The van der Waals surface area contributed by atoms with Crippen LogP contribution in [0.1, 0.15) is 139 Å². The third-order valence-electron chi connectivity index (χ3n) is 17.8. The van der Waals surface area contributed by atoms with Crippen molar-refractivity contribution in [2.24, 2.45) is 53.3 Å². The number of benzene rings is 2. The molecule has 12 rings (SSSR count). The molecule has 0 N–H and O–H groups in total. The highest BCUT2D eigenvalue weighted by atomic mass is 31.2. The highest BCUT2D eigenvalue weighted by molar-refractivity contribution is 7.49. The van der Waals surface area contributed by atoms with E-state index in [4.69, 9.17) is 52.1 Å². The molecule has 65 heavy (non-hydrogen) atoms. The Balaban J connectivity index is 0.995. The SMILES string of the molecule is Cc1cc(C)c(OP(=O)(OCC(C[C@H]2O[C@@H]3O[C@]4(C)CC[C@H]5[C@H](C)CC[C@@H]([C@H]2C)[C@@]35OO4)C[C@H]2O[C@@H]3O[C@]4(C)CC[C@H]5[C@H](C)CC[C@@H]([C@H]2C)[C@@]35OO4)Oc2c(C)cc(C)cc2C)c(C)c1. The molecule has 2 aromatic carbocycles. The van der Waals surface area contributed by atoms with Gasteiger partial charge in [-0.3, -0.25) is 4.52 Å². The van der Waals surface area contributed by atoms with Gasteiger partial charge in [-0.1, -0.05) is 63.1 Å². The first-order chi connectivity index (χ1) is 30.8. The minimum absolute atomic E-state index is 0.0704. The molecule has 0 amide bonds. The third-order valence-corrected chi connectivity index (χ3v) is 19.1. The molecular formula is C52H75O12P. The van der Waals surface area contributed by atoms with E-state index < -0.39 is 43.2 Å². The molecule has 4 bridgehead atoms. The van der Waals surface area contributed by atoms with Crippen molar-refractivity contribution in [3.8, 4) is 11.5 Å². The Labute approximate surface area is 387 Å². The van der Waals surface area contributed by atoms with Gasteiger partial charge in [0, 0.05) is 24.7 Å². The number of fused-ring (bicyclic) bond motifs is 4. The van der Waals surface area contributed by atoms with Gasteiger partial charge in [-0.25, -0.2) is 24.1 Å². The first kappa shape index (κ1) is 46.6. The minimum Gasteiger partial charge on any atom is -0.395 e. The molecule has 2 aliphatic carbocycles. The van der Waals surface area contributed by atoms with Gasteiger partial charge in [0.15, 0.2) is 23.8 Å². The zero-order valence-corrected chi connectivity index (χ0v) is 41.8. The van der Waals surface area contributed by atoms with Crippen molar-refractivity contribution < 1.29 is 56.6 Å². The third kappa shape index (κ3) is 7.88. The van der Waals surface area contributed by atoms with E-state index >= 15 is 4.57 Å². The summed E-state index contributed by atoms with van der Waals surface area (Å²) in [7, 11) is -4.34. The Kier molecular flexibility index (Phi) is 12.1. The first-order valence-electron chi connectivity index (χ1n) is 24.9.